The Labute approximate surface area is 134 Å². The van der Waals surface area contributed by atoms with E-state index >= 15 is 0 Å². The van der Waals surface area contributed by atoms with Gasteiger partial charge in [-0.25, -0.2) is 0 Å². The Balaban J connectivity index is 2.39. The highest BCUT2D eigenvalue weighted by Crippen LogP contribution is 2.28. The number of amides is 1. The topological polar surface area (TPSA) is 55.1 Å². The van der Waals surface area contributed by atoms with Crippen molar-refractivity contribution in [3.05, 3.63) is 63.0 Å². The molecule has 20 heavy (non-hydrogen) atoms. The Morgan fingerprint density at radius 2 is 1.75 bits per heavy atom. The number of primary amides is 1. The van der Waals surface area contributed by atoms with Gasteiger partial charge in [0.25, 0.3) is 0 Å². The second-order valence-corrected chi connectivity index (χ2v) is 6.46. The highest BCUT2D eigenvalue weighted by Gasteiger charge is 2.33. The summed E-state index contributed by atoms with van der Waals surface area (Å²) in [5, 5.41) is 3.21. The summed E-state index contributed by atoms with van der Waals surface area (Å²) in [6, 6.07) is 15.1. The van der Waals surface area contributed by atoms with Gasteiger partial charge in [-0.1, -0.05) is 50.1 Å². The third kappa shape index (κ3) is 3.22. The molecule has 3 nitrogen and oxygen atoms in total. The van der Waals surface area contributed by atoms with Crippen molar-refractivity contribution >= 4 is 43.5 Å². The molecule has 0 aliphatic heterocycles. The molecular formula is C15H14Br2N2O. The van der Waals surface area contributed by atoms with Crippen LogP contribution in [0.15, 0.2) is 57.5 Å². The van der Waals surface area contributed by atoms with Gasteiger partial charge in [-0.3, -0.25) is 4.79 Å². The van der Waals surface area contributed by atoms with Crippen LogP contribution in [0.3, 0.4) is 0 Å². The standard InChI is InChI=1S/C15H14Br2N2O/c1-15(14(18)20,10-5-7-11(16)8-6-10)19-13-4-2-3-12(17)9-13/h2-9,19H,1H3,(H2,18,20). The van der Waals surface area contributed by atoms with Crippen molar-refractivity contribution in [3.63, 3.8) is 0 Å². The maximum Gasteiger partial charge on any atom is 0.247 e. The van der Waals surface area contributed by atoms with E-state index in [1.807, 2.05) is 48.5 Å². The minimum Gasteiger partial charge on any atom is -0.368 e. The fourth-order valence-corrected chi connectivity index (χ4v) is 2.58. The van der Waals surface area contributed by atoms with Gasteiger partial charge in [0.1, 0.15) is 5.54 Å². The van der Waals surface area contributed by atoms with Crippen LogP contribution in [0.25, 0.3) is 0 Å². The van der Waals surface area contributed by atoms with Gasteiger partial charge in [-0.2, -0.15) is 0 Å². The van der Waals surface area contributed by atoms with E-state index in [9.17, 15) is 4.79 Å². The Bertz CT molecular complexity index is 628. The van der Waals surface area contributed by atoms with Crippen LogP contribution in [0.4, 0.5) is 5.69 Å². The highest BCUT2D eigenvalue weighted by atomic mass is 79.9. The molecule has 0 radical (unpaired) electrons. The molecule has 0 bridgehead atoms. The predicted octanol–water partition coefficient (Wildman–Crippen LogP) is 4.02. The van der Waals surface area contributed by atoms with E-state index in [1.165, 1.54) is 0 Å². The first kappa shape index (κ1) is 15.1. The predicted molar refractivity (Wildman–Crippen MR) is 88.5 cm³/mol. The van der Waals surface area contributed by atoms with Gasteiger partial charge in [0.05, 0.1) is 0 Å². The molecule has 2 aromatic rings. The number of carbonyl (C=O) groups is 1. The van der Waals surface area contributed by atoms with Crippen molar-refractivity contribution in [1.82, 2.24) is 0 Å². The molecule has 0 aliphatic rings. The highest BCUT2D eigenvalue weighted by molar-refractivity contribution is 9.10. The number of hydrogen-bond acceptors (Lipinski definition) is 2. The number of rotatable bonds is 4. The van der Waals surface area contributed by atoms with Gasteiger partial charge >= 0.3 is 0 Å². The molecule has 0 fully saturated rings. The van der Waals surface area contributed by atoms with Gasteiger partial charge in [-0.05, 0) is 42.8 Å². The van der Waals surface area contributed by atoms with E-state index in [-0.39, 0.29) is 0 Å². The van der Waals surface area contributed by atoms with E-state index in [0.29, 0.717) is 0 Å². The molecule has 0 aliphatic carbocycles. The van der Waals surface area contributed by atoms with E-state index in [0.717, 1.165) is 20.2 Å². The van der Waals surface area contributed by atoms with E-state index in [2.05, 4.69) is 37.2 Å². The van der Waals surface area contributed by atoms with Crippen LogP contribution in [-0.2, 0) is 10.3 Å². The number of anilines is 1. The quantitative estimate of drug-likeness (QED) is 0.818. The molecule has 0 spiro atoms. The van der Waals surface area contributed by atoms with E-state index in [4.69, 9.17) is 5.73 Å². The Morgan fingerprint density at radius 1 is 1.10 bits per heavy atom. The van der Waals surface area contributed by atoms with Gasteiger partial charge in [-0.15, -0.1) is 0 Å². The molecule has 0 saturated heterocycles. The first-order valence-corrected chi connectivity index (χ1v) is 7.60. The zero-order chi connectivity index (χ0) is 14.8. The fourth-order valence-electron chi connectivity index (χ4n) is 1.91. The molecule has 1 amide bonds. The largest absolute Gasteiger partial charge is 0.368 e. The van der Waals surface area contributed by atoms with Crippen molar-refractivity contribution in [3.8, 4) is 0 Å². The molecule has 1 unspecified atom stereocenters. The van der Waals surface area contributed by atoms with Crippen LogP contribution >= 0.6 is 31.9 Å². The number of nitrogens with one attached hydrogen (secondary N) is 1. The lowest BCUT2D eigenvalue weighted by Crippen LogP contribution is -2.45. The van der Waals surface area contributed by atoms with Crippen LogP contribution in [0, 0.1) is 0 Å². The number of nitrogens with two attached hydrogens (primary N) is 1. The lowest BCUT2D eigenvalue weighted by Gasteiger charge is -2.29. The zero-order valence-electron chi connectivity index (χ0n) is 10.9. The van der Waals surface area contributed by atoms with Crippen molar-refractivity contribution in [2.45, 2.75) is 12.5 Å². The summed E-state index contributed by atoms with van der Waals surface area (Å²) < 4.78 is 1.89. The van der Waals surface area contributed by atoms with Crippen LogP contribution in [0.1, 0.15) is 12.5 Å². The second kappa shape index (κ2) is 5.97. The Kier molecular flexibility index (Phi) is 4.50. The maximum atomic E-state index is 11.9. The van der Waals surface area contributed by atoms with Gasteiger partial charge in [0, 0.05) is 14.6 Å². The summed E-state index contributed by atoms with van der Waals surface area (Å²) in [5.74, 6) is -0.431. The molecule has 0 saturated carbocycles. The van der Waals surface area contributed by atoms with Crippen molar-refractivity contribution in [2.24, 2.45) is 5.73 Å². The summed E-state index contributed by atoms with van der Waals surface area (Å²) in [6.45, 7) is 1.78. The summed E-state index contributed by atoms with van der Waals surface area (Å²) >= 11 is 6.79. The maximum absolute atomic E-state index is 11.9. The van der Waals surface area contributed by atoms with Gasteiger partial charge < -0.3 is 11.1 Å². The molecule has 5 heteroatoms. The SMILES string of the molecule is CC(Nc1cccc(Br)c1)(C(N)=O)c1ccc(Br)cc1. The van der Waals surface area contributed by atoms with Gasteiger partial charge in [0.15, 0.2) is 0 Å². The smallest absolute Gasteiger partial charge is 0.247 e. The summed E-state index contributed by atoms with van der Waals surface area (Å²) in [6.07, 6.45) is 0. The molecule has 2 rings (SSSR count). The third-order valence-electron chi connectivity index (χ3n) is 3.13. The normalized spacial score (nSPS) is 13.6. The molecule has 104 valence electrons. The molecule has 1 atom stereocenters. The average Bonchev–Trinajstić information content (AvgIpc) is 2.39. The second-order valence-electron chi connectivity index (χ2n) is 4.63. The minimum absolute atomic E-state index is 0.431. The Morgan fingerprint density at radius 3 is 2.30 bits per heavy atom. The zero-order valence-corrected chi connectivity index (χ0v) is 14.0. The minimum atomic E-state index is -0.971. The lowest BCUT2D eigenvalue weighted by molar-refractivity contribution is -0.122. The lowest BCUT2D eigenvalue weighted by atomic mass is 9.91. The third-order valence-corrected chi connectivity index (χ3v) is 4.16. The monoisotopic (exact) mass is 396 g/mol. The van der Waals surface area contributed by atoms with E-state index in [1.54, 1.807) is 6.92 Å². The average molecular weight is 398 g/mol. The van der Waals surface area contributed by atoms with Crippen molar-refractivity contribution < 1.29 is 4.79 Å². The van der Waals surface area contributed by atoms with Crippen molar-refractivity contribution in [2.75, 3.05) is 5.32 Å². The number of halogens is 2. The van der Waals surface area contributed by atoms with E-state index < -0.39 is 11.4 Å². The molecular weight excluding hydrogens is 384 g/mol. The summed E-state index contributed by atoms with van der Waals surface area (Å²) in [5.41, 5.74) is 6.27. The Hall–Kier alpha value is -1.33. The number of carbonyl (C=O) groups excluding carboxylic acids is 1. The van der Waals surface area contributed by atoms with Crippen molar-refractivity contribution in [1.29, 1.82) is 0 Å². The number of benzene rings is 2. The number of hydrogen-bond donors (Lipinski definition) is 2. The van der Waals surface area contributed by atoms with Gasteiger partial charge in [0.2, 0.25) is 5.91 Å². The summed E-state index contributed by atoms with van der Waals surface area (Å²) in [4.78, 5) is 11.9. The molecule has 0 heterocycles. The van der Waals surface area contributed by atoms with Crippen LogP contribution in [0.5, 0.6) is 0 Å². The van der Waals surface area contributed by atoms with Crippen LogP contribution in [-0.4, -0.2) is 5.91 Å². The molecule has 2 aromatic carbocycles. The fraction of sp³-hybridized carbons (Fsp3) is 0.133. The molecule has 0 aromatic heterocycles. The first-order valence-electron chi connectivity index (χ1n) is 6.01. The summed E-state index contributed by atoms with van der Waals surface area (Å²) in [7, 11) is 0. The first-order chi connectivity index (χ1) is 9.41. The van der Waals surface area contributed by atoms with Crippen LogP contribution < -0.4 is 11.1 Å². The molecule has 3 N–H and O–H groups in total. The van der Waals surface area contributed by atoms with Crippen LogP contribution in [0.2, 0.25) is 0 Å².